The van der Waals surface area contributed by atoms with Crippen molar-refractivity contribution in [1.82, 2.24) is 14.9 Å². The van der Waals surface area contributed by atoms with E-state index in [0.29, 0.717) is 5.56 Å². The first-order valence-corrected chi connectivity index (χ1v) is 10.4. The summed E-state index contributed by atoms with van der Waals surface area (Å²) in [6.45, 7) is 1.35. The highest BCUT2D eigenvalue weighted by molar-refractivity contribution is 7.89. The van der Waals surface area contributed by atoms with Crippen LogP contribution in [0.15, 0.2) is 47.4 Å². The van der Waals surface area contributed by atoms with E-state index in [1.807, 2.05) is 0 Å². The van der Waals surface area contributed by atoms with Crippen LogP contribution in [-0.4, -0.2) is 52.3 Å². The minimum atomic E-state index is -3.68. The number of amides is 2. The summed E-state index contributed by atoms with van der Waals surface area (Å²) in [6, 6.07) is 9.38. The van der Waals surface area contributed by atoms with E-state index in [1.165, 1.54) is 57.6 Å². The van der Waals surface area contributed by atoms with Crippen molar-refractivity contribution in [3.63, 3.8) is 0 Å². The Morgan fingerprint density at radius 1 is 1.17 bits per heavy atom. The van der Waals surface area contributed by atoms with E-state index < -0.39 is 33.7 Å². The molecule has 2 rings (SSSR count). The number of ether oxygens (including phenoxy) is 1. The molecule has 0 heterocycles. The molecule has 10 heteroatoms. The van der Waals surface area contributed by atoms with Gasteiger partial charge in [-0.05, 0) is 42.8 Å². The average Bonchev–Trinajstić information content (AvgIpc) is 2.71. The molecule has 30 heavy (non-hydrogen) atoms. The number of hydrogen-bond donors (Lipinski definition) is 2. The molecule has 8 nitrogen and oxygen atoms in total. The molecule has 162 valence electrons. The van der Waals surface area contributed by atoms with Crippen LogP contribution in [0.4, 0.5) is 4.39 Å². The monoisotopic (exact) mass is 437 g/mol. The molecule has 2 aromatic rings. The Kier molecular flexibility index (Phi) is 7.52. The van der Waals surface area contributed by atoms with E-state index in [0.717, 1.165) is 4.31 Å². The highest BCUT2D eigenvalue weighted by atomic mass is 32.2. The van der Waals surface area contributed by atoms with Crippen LogP contribution in [0.1, 0.15) is 28.9 Å². The molecule has 0 aliphatic rings. The molecule has 0 aliphatic heterocycles. The van der Waals surface area contributed by atoms with Crippen molar-refractivity contribution in [2.45, 2.75) is 17.9 Å². The highest BCUT2D eigenvalue weighted by Gasteiger charge is 2.19. The summed E-state index contributed by atoms with van der Waals surface area (Å²) in [4.78, 5) is 24.4. The molecule has 1 atom stereocenters. The summed E-state index contributed by atoms with van der Waals surface area (Å²) < 4.78 is 44.1. The summed E-state index contributed by atoms with van der Waals surface area (Å²) in [6.07, 6.45) is 0. The van der Waals surface area contributed by atoms with Crippen molar-refractivity contribution in [2.75, 3.05) is 27.7 Å². The van der Waals surface area contributed by atoms with Gasteiger partial charge in [0.15, 0.2) is 11.6 Å². The predicted molar refractivity (Wildman–Crippen MR) is 109 cm³/mol. The molecule has 2 N–H and O–H groups in total. The fourth-order valence-electron chi connectivity index (χ4n) is 2.60. The molecule has 1 unspecified atom stereocenters. The maximum Gasteiger partial charge on any atom is 0.251 e. The SMILES string of the molecule is COc1ccc(C(C)NC(=O)CNC(=O)c2cccc(S(=O)(=O)N(C)C)c2)cc1F. The number of rotatable bonds is 8. The first kappa shape index (κ1) is 23.3. The van der Waals surface area contributed by atoms with Crippen molar-refractivity contribution < 1.29 is 27.1 Å². The van der Waals surface area contributed by atoms with Gasteiger partial charge in [0.25, 0.3) is 5.91 Å². The summed E-state index contributed by atoms with van der Waals surface area (Å²) >= 11 is 0. The zero-order valence-electron chi connectivity index (χ0n) is 17.1. The third-order valence-electron chi connectivity index (χ3n) is 4.34. The maximum atomic E-state index is 13.8. The van der Waals surface area contributed by atoms with Crippen LogP contribution in [0.3, 0.4) is 0 Å². The molecule has 0 spiro atoms. The van der Waals surface area contributed by atoms with Gasteiger partial charge in [0.05, 0.1) is 24.6 Å². The Labute approximate surface area is 175 Å². The lowest BCUT2D eigenvalue weighted by Gasteiger charge is -2.16. The fraction of sp³-hybridized carbons (Fsp3) is 0.300. The zero-order chi connectivity index (χ0) is 22.5. The first-order chi connectivity index (χ1) is 14.1. The Bertz CT molecular complexity index is 1040. The van der Waals surface area contributed by atoms with Gasteiger partial charge in [-0.3, -0.25) is 9.59 Å². The molecule has 0 bridgehead atoms. The third kappa shape index (κ3) is 5.55. The van der Waals surface area contributed by atoms with Crippen LogP contribution >= 0.6 is 0 Å². The summed E-state index contributed by atoms with van der Waals surface area (Å²) in [5, 5.41) is 5.09. The molecule has 0 aliphatic carbocycles. The Balaban J connectivity index is 1.98. The molecular weight excluding hydrogens is 413 g/mol. The summed E-state index contributed by atoms with van der Waals surface area (Å²) in [5.74, 6) is -1.52. The van der Waals surface area contributed by atoms with Crippen LogP contribution < -0.4 is 15.4 Å². The Morgan fingerprint density at radius 2 is 1.87 bits per heavy atom. The second-order valence-electron chi connectivity index (χ2n) is 6.68. The summed E-state index contributed by atoms with van der Waals surface area (Å²) in [7, 11) is 0.456. The van der Waals surface area contributed by atoms with Crippen LogP contribution in [0, 0.1) is 5.82 Å². The lowest BCUT2D eigenvalue weighted by molar-refractivity contribution is -0.120. The molecule has 0 fully saturated rings. The number of sulfonamides is 1. The lowest BCUT2D eigenvalue weighted by Crippen LogP contribution is -2.38. The van der Waals surface area contributed by atoms with Crippen LogP contribution in [0.5, 0.6) is 5.75 Å². The second-order valence-corrected chi connectivity index (χ2v) is 8.83. The van der Waals surface area contributed by atoms with Crippen LogP contribution in [-0.2, 0) is 14.8 Å². The van der Waals surface area contributed by atoms with E-state index in [2.05, 4.69) is 10.6 Å². The smallest absolute Gasteiger partial charge is 0.251 e. The van der Waals surface area contributed by atoms with Crippen molar-refractivity contribution in [3.05, 3.63) is 59.4 Å². The molecule has 0 saturated heterocycles. The van der Waals surface area contributed by atoms with Crippen molar-refractivity contribution >= 4 is 21.8 Å². The quantitative estimate of drug-likeness (QED) is 0.654. The Morgan fingerprint density at radius 3 is 2.47 bits per heavy atom. The van der Waals surface area contributed by atoms with Gasteiger partial charge in [0.1, 0.15) is 0 Å². The Hall–Kier alpha value is -2.98. The molecule has 0 aromatic heterocycles. The number of carbonyl (C=O) groups excluding carboxylic acids is 2. The standard InChI is InChI=1S/C20H24FN3O5S/c1-13(14-8-9-18(29-4)17(21)11-14)23-19(25)12-22-20(26)15-6-5-7-16(10-15)30(27,28)24(2)3/h5-11,13H,12H2,1-4H3,(H,22,26)(H,23,25). The molecule has 0 saturated carbocycles. The number of carbonyl (C=O) groups is 2. The van der Waals surface area contributed by atoms with Gasteiger partial charge in [-0.1, -0.05) is 12.1 Å². The zero-order valence-corrected chi connectivity index (χ0v) is 17.9. The van der Waals surface area contributed by atoms with Crippen molar-refractivity contribution in [1.29, 1.82) is 0 Å². The molecule has 2 aromatic carbocycles. The maximum absolute atomic E-state index is 13.8. The minimum Gasteiger partial charge on any atom is -0.494 e. The van der Waals surface area contributed by atoms with E-state index >= 15 is 0 Å². The lowest BCUT2D eigenvalue weighted by atomic mass is 10.1. The summed E-state index contributed by atoms with van der Waals surface area (Å²) in [5.41, 5.74) is 0.644. The number of nitrogens with zero attached hydrogens (tertiary/aromatic N) is 1. The average molecular weight is 437 g/mol. The largest absolute Gasteiger partial charge is 0.494 e. The van der Waals surface area contributed by atoms with Gasteiger partial charge >= 0.3 is 0 Å². The number of hydrogen-bond acceptors (Lipinski definition) is 5. The van der Waals surface area contributed by atoms with Gasteiger partial charge in [-0.25, -0.2) is 17.1 Å². The van der Waals surface area contributed by atoms with Gasteiger partial charge in [0, 0.05) is 19.7 Å². The molecular formula is C20H24FN3O5S. The van der Waals surface area contributed by atoms with E-state index in [1.54, 1.807) is 13.0 Å². The molecule has 2 amide bonds. The number of methoxy groups -OCH3 is 1. The third-order valence-corrected chi connectivity index (χ3v) is 6.15. The number of halogens is 1. The van der Waals surface area contributed by atoms with Gasteiger partial charge in [-0.2, -0.15) is 0 Å². The highest BCUT2D eigenvalue weighted by Crippen LogP contribution is 2.21. The normalized spacial score (nSPS) is 12.3. The number of benzene rings is 2. The van der Waals surface area contributed by atoms with E-state index in [-0.39, 0.29) is 22.8 Å². The van der Waals surface area contributed by atoms with E-state index in [4.69, 9.17) is 4.74 Å². The van der Waals surface area contributed by atoms with Crippen molar-refractivity contribution in [3.8, 4) is 5.75 Å². The van der Waals surface area contributed by atoms with Crippen LogP contribution in [0.2, 0.25) is 0 Å². The second kappa shape index (κ2) is 9.68. The fourth-order valence-corrected chi connectivity index (χ4v) is 3.55. The topological polar surface area (TPSA) is 105 Å². The minimum absolute atomic E-state index is 0.0280. The number of nitrogens with one attached hydrogen (secondary N) is 2. The first-order valence-electron chi connectivity index (χ1n) is 9.00. The predicted octanol–water partition coefficient (Wildman–Crippen LogP) is 1.69. The van der Waals surface area contributed by atoms with E-state index in [9.17, 15) is 22.4 Å². The van der Waals surface area contributed by atoms with Crippen molar-refractivity contribution in [2.24, 2.45) is 0 Å². The molecule has 0 radical (unpaired) electrons. The van der Waals surface area contributed by atoms with Gasteiger partial charge < -0.3 is 15.4 Å². The van der Waals surface area contributed by atoms with Gasteiger partial charge in [-0.15, -0.1) is 0 Å². The van der Waals surface area contributed by atoms with Gasteiger partial charge in [0.2, 0.25) is 15.9 Å². The van der Waals surface area contributed by atoms with Crippen LogP contribution in [0.25, 0.3) is 0 Å².